The van der Waals surface area contributed by atoms with Crippen molar-refractivity contribution in [2.75, 3.05) is 6.61 Å². The van der Waals surface area contributed by atoms with Crippen LogP contribution in [-0.4, -0.2) is 29.0 Å². The summed E-state index contributed by atoms with van der Waals surface area (Å²) in [5, 5.41) is 22.2. The number of ether oxygens (including phenoxy) is 2. The second kappa shape index (κ2) is 10.6. The summed E-state index contributed by atoms with van der Waals surface area (Å²) < 4.78 is 12.1. The van der Waals surface area contributed by atoms with E-state index in [4.69, 9.17) is 9.47 Å². The molecule has 4 heteroatoms. The maximum absolute atomic E-state index is 9.99. The zero-order valence-electron chi connectivity index (χ0n) is 20.1. The Labute approximate surface area is 206 Å². The van der Waals surface area contributed by atoms with Crippen LogP contribution >= 0.6 is 0 Å². The Morgan fingerprint density at radius 3 is 2.60 bits per heavy atom. The Kier molecular flexibility index (Phi) is 7.14. The fraction of sp³-hybridized carbons (Fsp3) is 0.290. The molecule has 180 valence electrons. The number of benzene rings is 4. The molecule has 4 nitrogen and oxygen atoms in total. The Bertz CT molecular complexity index is 1280. The monoisotopic (exact) mass is 468 g/mol. The van der Waals surface area contributed by atoms with Crippen LogP contribution in [0.25, 0.3) is 21.9 Å². The van der Waals surface area contributed by atoms with Gasteiger partial charge in [-0.3, -0.25) is 0 Å². The maximum atomic E-state index is 9.99. The van der Waals surface area contributed by atoms with Crippen molar-refractivity contribution < 1.29 is 19.7 Å². The Hall–Kier alpha value is -3.18. The highest BCUT2D eigenvalue weighted by Gasteiger charge is 2.22. The number of aliphatic hydroxyl groups is 2. The first kappa shape index (κ1) is 23.6. The van der Waals surface area contributed by atoms with Gasteiger partial charge in [-0.2, -0.15) is 0 Å². The summed E-state index contributed by atoms with van der Waals surface area (Å²) in [6, 6.07) is 29.1. The van der Waals surface area contributed by atoms with Crippen LogP contribution in [-0.2, 0) is 17.8 Å². The number of rotatable bonds is 7. The van der Waals surface area contributed by atoms with Crippen LogP contribution in [0, 0.1) is 0 Å². The van der Waals surface area contributed by atoms with Crippen molar-refractivity contribution in [2.45, 2.75) is 51.1 Å². The zero-order chi connectivity index (χ0) is 24.2. The highest BCUT2D eigenvalue weighted by molar-refractivity contribution is 5.98. The van der Waals surface area contributed by atoms with Gasteiger partial charge >= 0.3 is 0 Å². The van der Waals surface area contributed by atoms with Gasteiger partial charge in [0.25, 0.3) is 0 Å². The van der Waals surface area contributed by atoms with Gasteiger partial charge < -0.3 is 19.7 Å². The molecule has 35 heavy (non-hydrogen) atoms. The topological polar surface area (TPSA) is 58.9 Å². The lowest BCUT2D eigenvalue weighted by Gasteiger charge is -2.27. The first-order valence-electron chi connectivity index (χ1n) is 12.4. The minimum Gasteiger partial charge on any atom is -0.489 e. The standard InChI is InChI=1S/C31H32O4/c1-21(32)14-23-16-26-18-28(10-11-29(26)30(17-23)24-7-3-2-4-8-24)35-20-22-6-5-9-25(15-22)31-19-27(33)12-13-34-31/h2-11,15-18,21,27,31-33H,12-14,19-20H2,1H3. The lowest BCUT2D eigenvalue weighted by Crippen LogP contribution is -2.23. The van der Waals surface area contributed by atoms with Gasteiger partial charge in [0.1, 0.15) is 12.4 Å². The fourth-order valence-electron chi connectivity index (χ4n) is 4.88. The summed E-state index contributed by atoms with van der Waals surface area (Å²) in [5.41, 5.74) is 5.57. The molecule has 0 bridgehead atoms. The van der Waals surface area contributed by atoms with Crippen molar-refractivity contribution in [3.05, 3.63) is 102 Å². The van der Waals surface area contributed by atoms with Crippen LogP contribution in [0.4, 0.5) is 0 Å². The van der Waals surface area contributed by atoms with Crippen molar-refractivity contribution in [3.8, 4) is 16.9 Å². The Morgan fingerprint density at radius 2 is 1.80 bits per heavy atom. The molecule has 1 fully saturated rings. The highest BCUT2D eigenvalue weighted by Crippen LogP contribution is 2.33. The predicted molar refractivity (Wildman–Crippen MR) is 139 cm³/mol. The molecule has 0 spiro atoms. The number of hydrogen-bond donors (Lipinski definition) is 2. The summed E-state index contributed by atoms with van der Waals surface area (Å²) >= 11 is 0. The molecule has 5 rings (SSSR count). The van der Waals surface area contributed by atoms with Crippen molar-refractivity contribution in [2.24, 2.45) is 0 Å². The molecule has 2 N–H and O–H groups in total. The summed E-state index contributed by atoms with van der Waals surface area (Å²) in [7, 11) is 0. The molecule has 0 aliphatic carbocycles. The molecule has 0 radical (unpaired) electrons. The van der Waals surface area contributed by atoms with Crippen molar-refractivity contribution >= 4 is 10.8 Å². The zero-order valence-corrected chi connectivity index (χ0v) is 20.1. The Balaban J connectivity index is 1.39. The van der Waals surface area contributed by atoms with Crippen LogP contribution in [0.5, 0.6) is 5.75 Å². The van der Waals surface area contributed by atoms with E-state index in [1.807, 2.05) is 37.3 Å². The lowest BCUT2D eigenvalue weighted by atomic mass is 9.94. The number of aliphatic hydroxyl groups excluding tert-OH is 2. The van der Waals surface area contributed by atoms with E-state index in [2.05, 4.69) is 54.6 Å². The van der Waals surface area contributed by atoms with Gasteiger partial charge in [0.05, 0.1) is 18.3 Å². The van der Waals surface area contributed by atoms with Crippen molar-refractivity contribution in [1.82, 2.24) is 0 Å². The molecule has 4 aromatic carbocycles. The molecule has 4 aromatic rings. The van der Waals surface area contributed by atoms with Crippen molar-refractivity contribution in [3.63, 3.8) is 0 Å². The largest absolute Gasteiger partial charge is 0.489 e. The molecule has 1 saturated heterocycles. The summed E-state index contributed by atoms with van der Waals surface area (Å²) in [6.07, 6.45) is 1.16. The van der Waals surface area contributed by atoms with E-state index in [0.29, 0.717) is 32.5 Å². The first-order valence-corrected chi connectivity index (χ1v) is 12.4. The third-order valence-corrected chi connectivity index (χ3v) is 6.58. The third kappa shape index (κ3) is 5.73. The van der Waals surface area contributed by atoms with E-state index in [9.17, 15) is 10.2 Å². The van der Waals surface area contributed by atoms with Gasteiger partial charge in [-0.1, -0.05) is 66.7 Å². The fourth-order valence-corrected chi connectivity index (χ4v) is 4.88. The van der Waals surface area contributed by atoms with Gasteiger partial charge in [0, 0.05) is 13.0 Å². The Morgan fingerprint density at radius 1 is 0.943 bits per heavy atom. The van der Waals surface area contributed by atoms with E-state index < -0.39 is 6.10 Å². The third-order valence-electron chi connectivity index (χ3n) is 6.58. The van der Waals surface area contributed by atoms with Crippen LogP contribution in [0.15, 0.2) is 84.9 Å². The molecule has 3 unspecified atom stereocenters. The second-order valence-electron chi connectivity index (χ2n) is 9.52. The van der Waals surface area contributed by atoms with Crippen LogP contribution < -0.4 is 4.74 Å². The van der Waals surface area contributed by atoms with Crippen LogP contribution in [0.3, 0.4) is 0 Å². The average molecular weight is 469 g/mol. The van der Waals surface area contributed by atoms with Gasteiger partial charge in [0.15, 0.2) is 0 Å². The predicted octanol–water partition coefficient (Wildman–Crippen LogP) is 6.22. The van der Waals surface area contributed by atoms with E-state index >= 15 is 0 Å². The highest BCUT2D eigenvalue weighted by atomic mass is 16.5. The van der Waals surface area contributed by atoms with E-state index in [1.54, 1.807) is 0 Å². The summed E-state index contributed by atoms with van der Waals surface area (Å²) in [4.78, 5) is 0. The molecular weight excluding hydrogens is 436 g/mol. The summed E-state index contributed by atoms with van der Waals surface area (Å²) in [5.74, 6) is 0.806. The van der Waals surface area contributed by atoms with E-state index in [0.717, 1.165) is 44.3 Å². The second-order valence-corrected chi connectivity index (χ2v) is 9.52. The quantitative estimate of drug-likeness (QED) is 0.338. The minimum atomic E-state index is -0.406. The normalized spacial score (nSPS) is 18.9. The van der Waals surface area contributed by atoms with Gasteiger partial charge in [0.2, 0.25) is 0 Å². The van der Waals surface area contributed by atoms with E-state index in [-0.39, 0.29) is 12.2 Å². The SMILES string of the molecule is CC(O)Cc1cc(-c2ccccc2)c2ccc(OCc3cccc(C4CC(O)CCO4)c3)cc2c1. The van der Waals surface area contributed by atoms with Crippen molar-refractivity contribution in [1.29, 1.82) is 0 Å². The molecule has 1 aliphatic heterocycles. The minimum absolute atomic E-state index is 0.0666. The first-order chi connectivity index (χ1) is 17.0. The maximum Gasteiger partial charge on any atom is 0.120 e. The molecular formula is C31H32O4. The molecule has 0 aromatic heterocycles. The lowest BCUT2D eigenvalue weighted by molar-refractivity contribution is -0.0448. The molecule has 0 saturated carbocycles. The van der Waals surface area contributed by atoms with Gasteiger partial charge in [-0.15, -0.1) is 0 Å². The van der Waals surface area contributed by atoms with Gasteiger partial charge in [-0.25, -0.2) is 0 Å². The molecule has 1 heterocycles. The van der Waals surface area contributed by atoms with Gasteiger partial charge in [-0.05, 0) is 76.6 Å². The summed E-state index contributed by atoms with van der Waals surface area (Å²) in [6.45, 7) is 2.86. The molecule has 1 aliphatic rings. The van der Waals surface area contributed by atoms with E-state index in [1.165, 1.54) is 0 Å². The average Bonchev–Trinajstić information content (AvgIpc) is 2.87. The number of hydrogen-bond acceptors (Lipinski definition) is 4. The number of fused-ring (bicyclic) bond motifs is 1. The van der Waals surface area contributed by atoms with Crippen LogP contribution in [0.1, 0.15) is 42.6 Å². The molecule has 0 amide bonds. The van der Waals surface area contributed by atoms with Crippen LogP contribution in [0.2, 0.25) is 0 Å². The smallest absolute Gasteiger partial charge is 0.120 e. The molecule has 3 atom stereocenters.